The number of nitrogens with one attached hydrogen (secondary N) is 1. The zero-order valence-electron chi connectivity index (χ0n) is 9.19. The topological polar surface area (TPSA) is 57.8 Å². The highest BCUT2D eigenvalue weighted by Gasteiger charge is 2.16. The lowest BCUT2D eigenvalue weighted by molar-refractivity contribution is -0.124. The van der Waals surface area contributed by atoms with Gasteiger partial charge in [0.05, 0.1) is 0 Å². The number of hydrogen-bond donors (Lipinski definition) is 1. The van der Waals surface area contributed by atoms with Gasteiger partial charge in [-0.15, -0.1) is 0 Å². The summed E-state index contributed by atoms with van der Waals surface area (Å²) in [6, 6.07) is 5.26. The maximum Gasteiger partial charge on any atom is 0.242 e. The lowest BCUT2D eigenvalue weighted by atomic mass is 10.2. The second-order valence-corrected chi connectivity index (χ2v) is 3.75. The second kappa shape index (κ2) is 4.65. The van der Waals surface area contributed by atoms with Gasteiger partial charge in [0, 0.05) is 12.2 Å². The van der Waals surface area contributed by atoms with Gasteiger partial charge in [-0.05, 0) is 32.9 Å². The average molecular weight is 205 g/mol. The Bertz CT molecular complexity index is 387. The van der Waals surface area contributed by atoms with E-state index >= 15 is 0 Å². The molecule has 1 heterocycles. The molecule has 80 valence electrons. The normalized spacial score (nSPS) is 12.2. The van der Waals surface area contributed by atoms with Crippen molar-refractivity contribution < 1.29 is 4.79 Å². The Labute approximate surface area is 89.5 Å². The Morgan fingerprint density at radius 1 is 1.53 bits per heavy atom. The van der Waals surface area contributed by atoms with E-state index in [2.05, 4.69) is 5.32 Å². The minimum Gasteiger partial charge on any atom is -0.352 e. The number of amides is 1. The zero-order chi connectivity index (χ0) is 11.4. The van der Waals surface area contributed by atoms with Crippen molar-refractivity contribution >= 4 is 5.91 Å². The molecule has 0 aromatic carbocycles. The van der Waals surface area contributed by atoms with Gasteiger partial charge in [0.25, 0.3) is 0 Å². The van der Waals surface area contributed by atoms with Crippen molar-refractivity contribution in [2.75, 3.05) is 0 Å². The van der Waals surface area contributed by atoms with Crippen molar-refractivity contribution in [2.24, 2.45) is 0 Å². The molecule has 4 nitrogen and oxygen atoms in total. The molecule has 1 aromatic heterocycles. The molecule has 1 N–H and O–H groups in total. The molecule has 0 aliphatic carbocycles. The molecule has 0 fully saturated rings. The van der Waals surface area contributed by atoms with Crippen LogP contribution in [0.4, 0.5) is 0 Å². The highest BCUT2D eigenvalue weighted by atomic mass is 16.2. The summed E-state index contributed by atoms with van der Waals surface area (Å²) in [6.45, 7) is 5.59. The van der Waals surface area contributed by atoms with E-state index in [-0.39, 0.29) is 18.0 Å². The van der Waals surface area contributed by atoms with Crippen molar-refractivity contribution in [3.05, 3.63) is 24.0 Å². The molecule has 0 spiro atoms. The van der Waals surface area contributed by atoms with Crippen molar-refractivity contribution in [1.82, 2.24) is 9.88 Å². The summed E-state index contributed by atoms with van der Waals surface area (Å²) in [7, 11) is 0. The fourth-order valence-electron chi connectivity index (χ4n) is 1.36. The quantitative estimate of drug-likeness (QED) is 0.811. The van der Waals surface area contributed by atoms with Crippen LogP contribution in [0.3, 0.4) is 0 Å². The third-order valence-corrected chi connectivity index (χ3v) is 2.12. The van der Waals surface area contributed by atoms with E-state index in [1.54, 1.807) is 29.8 Å². The van der Waals surface area contributed by atoms with Crippen LogP contribution in [0.25, 0.3) is 0 Å². The smallest absolute Gasteiger partial charge is 0.242 e. The predicted molar refractivity (Wildman–Crippen MR) is 57.1 cm³/mol. The number of carbonyl (C=O) groups excluding carboxylic acids is 1. The largest absolute Gasteiger partial charge is 0.352 e. The number of nitrogens with zero attached hydrogens (tertiary/aromatic N) is 2. The first-order valence-electron chi connectivity index (χ1n) is 4.93. The van der Waals surface area contributed by atoms with E-state index in [0.29, 0.717) is 5.69 Å². The van der Waals surface area contributed by atoms with E-state index < -0.39 is 0 Å². The molecule has 0 saturated carbocycles. The van der Waals surface area contributed by atoms with Gasteiger partial charge in [0.15, 0.2) is 0 Å². The minimum atomic E-state index is -0.350. The van der Waals surface area contributed by atoms with Gasteiger partial charge in [-0.3, -0.25) is 4.79 Å². The molecule has 0 aliphatic heterocycles. The molecule has 0 saturated heterocycles. The maximum absolute atomic E-state index is 11.7. The van der Waals surface area contributed by atoms with Crippen LogP contribution >= 0.6 is 0 Å². The average Bonchev–Trinajstić information content (AvgIpc) is 2.62. The first-order valence-corrected chi connectivity index (χ1v) is 4.93. The SMILES string of the molecule is CC(C)NC(=O)C(C)n1cccc1C#N. The monoisotopic (exact) mass is 205 g/mol. The number of nitriles is 1. The van der Waals surface area contributed by atoms with Crippen molar-refractivity contribution in [3.63, 3.8) is 0 Å². The van der Waals surface area contributed by atoms with Crippen LogP contribution in [-0.4, -0.2) is 16.5 Å². The van der Waals surface area contributed by atoms with E-state index in [1.807, 2.05) is 19.9 Å². The minimum absolute atomic E-state index is 0.0716. The van der Waals surface area contributed by atoms with Gasteiger partial charge in [-0.1, -0.05) is 0 Å². The molecule has 1 atom stereocenters. The zero-order valence-corrected chi connectivity index (χ0v) is 9.19. The third-order valence-electron chi connectivity index (χ3n) is 2.12. The molecule has 1 amide bonds. The Hall–Kier alpha value is -1.76. The fraction of sp³-hybridized carbons (Fsp3) is 0.455. The van der Waals surface area contributed by atoms with Crippen LogP contribution in [0.5, 0.6) is 0 Å². The summed E-state index contributed by atoms with van der Waals surface area (Å²) < 4.78 is 1.66. The van der Waals surface area contributed by atoms with Crippen LogP contribution in [0.1, 0.15) is 32.5 Å². The summed E-state index contributed by atoms with van der Waals surface area (Å²) in [5.74, 6) is -0.0716. The van der Waals surface area contributed by atoms with Gasteiger partial charge >= 0.3 is 0 Å². The molecule has 1 rings (SSSR count). The fourth-order valence-corrected chi connectivity index (χ4v) is 1.36. The summed E-state index contributed by atoms with van der Waals surface area (Å²) >= 11 is 0. The molecule has 1 aromatic rings. The maximum atomic E-state index is 11.7. The third kappa shape index (κ3) is 2.59. The molecule has 4 heteroatoms. The second-order valence-electron chi connectivity index (χ2n) is 3.75. The van der Waals surface area contributed by atoms with Crippen LogP contribution in [0.2, 0.25) is 0 Å². The summed E-state index contributed by atoms with van der Waals surface area (Å²) in [6.07, 6.45) is 1.74. The van der Waals surface area contributed by atoms with Gasteiger partial charge in [-0.2, -0.15) is 5.26 Å². The van der Waals surface area contributed by atoms with Crippen LogP contribution in [-0.2, 0) is 4.79 Å². The molecular formula is C11H15N3O. The summed E-state index contributed by atoms with van der Waals surface area (Å²) in [5.41, 5.74) is 0.501. The lowest BCUT2D eigenvalue weighted by Crippen LogP contribution is -2.35. The molecule has 0 bridgehead atoms. The van der Waals surface area contributed by atoms with Gasteiger partial charge in [-0.25, -0.2) is 0 Å². The number of carbonyl (C=O) groups is 1. The first-order chi connectivity index (χ1) is 7.06. The van der Waals surface area contributed by atoms with Crippen LogP contribution in [0.15, 0.2) is 18.3 Å². The first kappa shape index (κ1) is 11.3. The van der Waals surface area contributed by atoms with Crippen molar-refractivity contribution in [3.8, 4) is 6.07 Å². The van der Waals surface area contributed by atoms with Gasteiger partial charge < -0.3 is 9.88 Å². The van der Waals surface area contributed by atoms with Crippen LogP contribution < -0.4 is 5.32 Å². The number of rotatable bonds is 3. The van der Waals surface area contributed by atoms with E-state index in [1.165, 1.54) is 0 Å². The Morgan fingerprint density at radius 3 is 2.73 bits per heavy atom. The Balaban J connectivity index is 2.81. The Morgan fingerprint density at radius 2 is 2.20 bits per heavy atom. The summed E-state index contributed by atoms with van der Waals surface area (Å²) in [4.78, 5) is 11.7. The number of hydrogen-bond acceptors (Lipinski definition) is 2. The Kier molecular flexibility index (Phi) is 3.51. The van der Waals surface area contributed by atoms with E-state index in [9.17, 15) is 4.79 Å². The molecule has 0 radical (unpaired) electrons. The highest BCUT2D eigenvalue weighted by molar-refractivity contribution is 5.80. The highest BCUT2D eigenvalue weighted by Crippen LogP contribution is 2.11. The van der Waals surface area contributed by atoms with Crippen molar-refractivity contribution in [1.29, 1.82) is 5.26 Å². The lowest BCUT2D eigenvalue weighted by Gasteiger charge is -2.16. The standard InChI is InChI=1S/C11H15N3O/c1-8(2)13-11(15)9(3)14-6-4-5-10(14)7-12/h4-6,8-9H,1-3H3,(H,13,15). The van der Waals surface area contributed by atoms with E-state index in [4.69, 9.17) is 5.26 Å². The van der Waals surface area contributed by atoms with Crippen LogP contribution in [0, 0.1) is 11.3 Å². The van der Waals surface area contributed by atoms with E-state index in [0.717, 1.165) is 0 Å². The molecule has 1 unspecified atom stereocenters. The van der Waals surface area contributed by atoms with Crippen molar-refractivity contribution in [2.45, 2.75) is 32.9 Å². The summed E-state index contributed by atoms with van der Waals surface area (Å²) in [5, 5.41) is 11.6. The number of aromatic nitrogens is 1. The molecule has 0 aliphatic rings. The van der Waals surface area contributed by atoms with Gasteiger partial charge in [0.2, 0.25) is 5.91 Å². The molecular weight excluding hydrogens is 190 g/mol. The van der Waals surface area contributed by atoms with Gasteiger partial charge in [0.1, 0.15) is 17.8 Å². The predicted octanol–water partition coefficient (Wildman–Crippen LogP) is 1.45. The molecule has 15 heavy (non-hydrogen) atoms.